The number of rotatable bonds is 8. The molecule has 1 spiro atoms. The van der Waals surface area contributed by atoms with Gasteiger partial charge in [-0.2, -0.15) is 0 Å². The molecule has 3 heterocycles. The summed E-state index contributed by atoms with van der Waals surface area (Å²) < 4.78 is 42.3. The Morgan fingerprint density at radius 3 is 2.61 bits per heavy atom. The monoisotopic (exact) mass is 533 g/mol. The van der Waals surface area contributed by atoms with Gasteiger partial charge in [0.15, 0.2) is 23.2 Å². The lowest BCUT2D eigenvalue weighted by Crippen LogP contribution is -2.49. The number of hydrogen-bond donors (Lipinski definition) is 1. The highest BCUT2D eigenvalue weighted by Crippen LogP contribution is 2.55. The van der Waals surface area contributed by atoms with Crippen molar-refractivity contribution in [2.24, 2.45) is 0 Å². The summed E-state index contributed by atoms with van der Waals surface area (Å²) in [4.78, 5) is 28.2. The van der Waals surface area contributed by atoms with Crippen LogP contribution in [0.3, 0.4) is 0 Å². The Bertz CT molecular complexity index is 1150. The third-order valence-electron chi connectivity index (χ3n) is 8.38. The van der Waals surface area contributed by atoms with E-state index in [0.717, 1.165) is 43.5 Å². The number of carbonyl (C=O) groups is 2. The number of carbonyl (C=O) groups excluding carboxylic acids is 2. The zero-order chi connectivity index (χ0) is 27.3. The van der Waals surface area contributed by atoms with Crippen LogP contribution in [0.15, 0.2) is 24.0 Å². The number of benzene rings is 1. The molecule has 0 amide bonds. The largest absolute Gasteiger partial charge is 0.497 e. The van der Waals surface area contributed by atoms with Gasteiger partial charge in [-0.05, 0) is 81.8 Å². The van der Waals surface area contributed by atoms with Crippen molar-refractivity contribution in [3.8, 4) is 11.5 Å². The van der Waals surface area contributed by atoms with Gasteiger partial charge >= 0.3 is 11.9 Å². The van der Waals surface area contributed by atoms with Crippen molar-refractivity contribution >= 4 is 11.9 Å². The highest BCUT2D eigenvalue weighted by Gasteiger charge is 2.59. The van der Waals surface area contributed by atoms with Gasteiger partial charge in [0.1, 0.15) is 11.4 Å². The fourth-order valence-corrected chi connectivity index (χ4v) is 6.40. The van der Waals surface area contributed by atoms with Gasteiger partial charge in [-0.15, -0.1) is 0 Å². The first-order chi connectivity index (χ1) is 18.0. The van der Waals surface area contributed by atoms with Crippen LogP contribution >= 0.6 is 0 Å². The van der Waals surface area contributed by atoms with Crippen LogP contribution < -0.4 is 9.47 Å². The summed E-state index contributed by atoms with van der Waals surface area (Å²) in [6, 6.07) is 3.96. The molecule has 0 radical (unpaired) electrons. The molecule has 1 saturated heterocycles. The van der Waals surface area contributed by atoms with E-state index in [1.807, 2.05) is 18.2 Å². The quantitative estimate of drug-likeness (QED) is 0.505. The van der Waals surface area contributed by atoms with Gasteiger partial charge in [0, 0.05) is 6.54 Å². The molecule has 4 atom stereocenters. The van der Waals surface area contributed by atoms with Crippen molar-refractivity contribution in [2.45, 2.75) is 81.2 Å². The summed E-state index contributed by atoms with van der Waals surface area (Å²) in [5.41, 5.74) is -2.32. The molecule has 0 aromatic heterocycles. The Balaban J connectivity index is 1.53. The van der Waals surface area contributed by atoms with Gasteiger partial charge in [-0.25, -0.2) is 9.18 Å². The molecule has 1 aromatic rings. The molecule has 1 fully saturated rings. The highest BCUT2D eigenvalue weighted by molar-refractivity contribution is 5.86. The van der Waals surface area contributed by atoms with Gasteiger partial charge in [-0.3, -0.25) is 9.69 Å². The van der Waals surface area contributed by atoms with E-state index >= 15 is 0 Å². The van der Waals surface area contributed by atoms with Gasteiger partial charge in [0.05, 0.1) is 32.1 Å². The van der Waals surface area contributed by atoms with E-state index in [0.29, 0.717) is 17.3 Å². The Morgan fingerprint density at radius 1 is 1.18 bits per heavy atom. The Hall–Kier alpha value is -2.85. The number of fused-ring (bicyclic) bond motifs is 3. The molecular formula is C28H36FNO8. The minimum atomic E-state index is -2.26. The summed E-state index contributed by atoms with van der Waals surface area (Å²) in [7, 11) is 2.70. The van der Waals surface area contributed by atoms with E-state index in [2.05, 4.69) is 4.90 Å². The fraction of sp³-hybridized carbons (Fsp3) is 0.643. The molecule has 3 aliphatic heterocycles. The summed E-state index contributed by atoms with van der Waals surface area (Å²) in [5, 5.41) is 11.4. The van der Waals surface area contributed by atoms with Crippen LogP contribution in [0, 0.1) is 0 Å². The molecule has 1 unspecified atom stereocenters. The second-order valence-corrected chi connectivity index (χ2v) is 11.3. The smallest absolute Gasteiger partial charge is 0.339 e. The molecule has 9 nitrogen and oxygen atoms in total. The SMILES string of the molecule is COC(=O)C[C@](O)(CCC(C)(C)F)C(=O)OC1C(OC)=C[C@@]23CCCN2CCc2cc4c(cc2[C@H]13)OCO4. The van der Waals surface area contributed by atoms with E-state index in [1.165, 1.54) is 28.1 Å². The zero-order valence-corrected chi connectivity index (χ0v) is 22.4. The second kappa shape index (κ2) is 9.72. The van der Waals surface area contributed by atoms with Gasteiger partial charge in [-0.1, -0.05) is 0 Å². The maximum atomic E-state index is 14.4. The molecule has 208 valence electrons. The number of nitrogens with zero attached hydrogens (tertiary/aromatic N) is 1. The average Bonchev–Trinajstić information content (AvgIpc) is 3.56. The summed E-state index contributed by atoms with van der Waals surface area (Å²) in [6.07, 6.45) is 2.69. The van der Waals surface area contributed by atoms with Gasteiger partial charge in [0.2, 0.25) is 6.79 Å². The minimum absolute atomic E-state index is 0.144. The standard InChI is InChI=1S/C28H36FNO8/c1-26(2,29)8-9-28(33,15-22(31)35-4)25(32)38-24-21(34-3)14-27-7-5-10-30(27)11-6-17-12-19-20(37-16-36-19)13-18(17)23(24)27/h12-14,23-24,33H,5-11,15-16H2,1-4H3/t23-,24?,27-,28-/m1/s1. The van der Waals surface area contributed by atoms with Crippen LogP contribution in [0.1, 0.15) is 63.0 Å². The third kappa shape index (κ3) is 4.62. The number of ether oxygens (including phenoxy) is 5. The number of alkyl halides is 1. The lowest BCUT2D eigenvalue weighted by molar-refractivity contribution is -0.179. The lowest BCUT2D eigenvalue weighted by Gasteiger charge is -2.39. The molecular weight excluding hydrogens is 497 g/mol. The molecule has 10 heteroatoms. The maximum absolute atomic E-state index is 14.4. The van der Waals surface area contributed by atoms with E-state index in [-0.39, 0.29) is 25.6 Å². The van der Waals surface area contributed by atoms with E-state index < -0.39 is 41.3 Å². The van der Waals surface area contributed by atoms with Crippen molar-refractivity contribution < 1.29 is 42.8 Å². The molecule has 1 N–H and O–H groups in total. The Morgan fingerprint density at radius 2 is 1.92 bits per heavy atom. The van der Waals surface area contributed by atoms with Crippen LogP contribution in [0.25, 0.3) is 0 Å². The maximum Gasteiger partial charge on any atom is 0.339 e. The first-order valence-electron chi connectivity index (χ1n) is 13.1. The highest BCUT2D eigenvalue weighted by atomic mass is 19.1. The zero-order valence-electron chi connectivity index (χ0n) is 22.4. The summed E-state index contributed by atoms with van der Waals surface area (Å²) in [6.45, 7) is 4.56. The number of halogens is 1. The first-order valence-corrected chi connectivity index (χ1v) is 13.1. The minimum Gasteiger partial charge on any atom is -0.497 e. The van der Waals surface area contributed by atoms with Crippen molar-refractivity contribution in [3.63, 3.8) is 0 Å². The van der Waals surface area contributed by atoms with Crippen molar-refractivity contribution in [3.05, 3.63) is 35.1 Å². The molecule has 38 heavy (non-hydrogen) atoms. The lowest BCUT2D eigenvalue weighted by atomic mass is 9.77. The Labute approximate surface area is 221 Å². The molecule has 0 bridgehead atoms. The van der Waals surface area contributed by atoms with Crippen LogP contribution in [0.4, 0.5) is 4.39 Å². The summed E-state index contributed by atoms with van der Waals surface area (Å²) >= 11 is 0. The number of aliphatic hydroxyl groups is 1. The van der Waals surface area contributed by atoms with Gasteiger partial charge in [0.25, 0.3) is 0 Å². The van der Waals surface area contributed by atoms with Crippen LogP contribution in [0.5, 0.6) is 11.5 Å². The first kappa shape index (κ1) is 26.7. The molecule has 1 aromatic carbocycles. The normalized spacial score (nSPS) is 27.4. The predicted octanol–water partition coefficient (Wildman–Crippen LogP) is 3.17. The van der Waals surface area contributed by atoms with Crippen molar-refractivity contribution in [2.75, 3.05) is 34.1 Å². The van der Waals surface area contributed by atoms with E-state index in [4.69, 9.17) is 23.7 Å². The molecule has 4 aliphatic rings. The number of esters is 2. The molecule has 5 rings (SSSR count). The second-order valence-electron chi connectivity index (χ2n) is 11.3. The van der Waals surface area contributed by atoms with Crippen molar-refractivity contribution in [1.82, 2.24) is 4.90 Å². The third-order valence-corrected chi connectivity index (χ3v) is 8.38. The van der Waals surface area contributed by atoms with E-state index in [1.54, 1.807) is 0 Å². The number of methoxy groups -OCH3 is 2. The predicted molar refractivity (Wildman–Crippen MR) is 134 cm³/mol. The van der Waals surface area contributed by atoms with Crippen LogP contribution in [-0.2, 0) is 30.2 Å². The average molecular weight is 534 g/mol. The Kier molecular flexibility index (Phi) is 6.84. The van der Waals surface area contributed by atoms with E-state index in [9.17, 15) is 19.1 Å². The van der Waals surface area contributed by atoms with Crippen LogP contribution in [0.2, 0.25) is 0 Å². The summed E-state index contributed by atoms with van der Waals surface area (Å²) in [5.74, 6) is -0.335. The fourth-order valence-electron chi connectivity index (χ4n) is 6.40. The molecule has 0 saturated carbocycles. The molecule has 1 aliphatic carbocycles. The topological polar surface area (TPSA) is 104 Å². The van der Waals surface area contributed by atoms with Crippen LogP contribution in [-0.4, -0.2) is 79.0 Å². The van der Waals surface area contributed by atoms with Gasteiger partial charge < -0.3 is 28.8 Å². The van der Waals surface area contributed by atoms with Crippen molar-refractivity contribution in [1.29, 1.82) is 0 Å². The number of hydrogen-bond acceptors (Lipinski definition) is 9.